The highest BCUT2D eigenvalue weighted by Gasteiger charge is 2.50. The van der Waals surface area contributed by atoms with Crippen molar-refractivity contribution in [2.24, 2.45) is 11.8 Å². The van der Waals surface area contributed by atoms with Crippen LogP contribution in [-0.4, -0.2) is 11.2 Å². The van der Waals surface area contributed by atoms with E-state index in [-0.39, 0.29) is 17.1 Å². The molecule has 3 nitrogen and oxygen atoms in total. The van der Waals surface area contributed by atoms with E-state index in [4.69, 9.17) is 10.6 Å². The van der Waals surface area contributed by atoms with Crippen molar-refractivity contribution >= 4 is 0 Å². The van der Waals surface area contributed by atoms with Gasteiger partial charge in [-0.15, -0.1) is 0 Å². The SMILES string of the molecule is Cc1ccc(F)c(C(NN)C2CC(C)(C)OC2(C)C)c1F. The van der Waals surface area contributed by atoms with Gasteiger partial charge in [-0.25, -0.2) is 8.78 Å². The number of nitrogens with one attached hydrogen (secondary N) is 1. The maximum Gasteiger partial charge on any atom is 0.133 e. The summed E-state index contributed by atoms with van der Waals surface area (Å²) in [6.45, 7) is 9.44. The van der Waals surface area contributed by atoms with Gasteiger partial charge >= 0.3 is 0 Å². The van der Waals surface area contributed by atoms with Gasteiger partial charge in [0.2, 0.25) is 0 Å². The minimum absolute atomic E-state index is 0.00289. The Kier molecular flexibility index (Phi) is 4.12. The summed E-state index contributed by atoms with van der Waals surface area (Å²) in [7, 11) is 0. The van der Waals surface area contributed by atoms with E-state index < -0.39 is 23.3 Å². The molecular formula is C16H24F2N2O. The van der Waals surface area contributed by atoms with Gasteiger partial charge in [0, 0.05) is 11.5 Å². The minimum atomic E-state index is -0.637. The molecule has 5 heteroatoms. The Labute approximate surface area is 124 Å². The fourth-order valence-corrected chi connectivity index (χ4v) is 3.49. The third kappa shape index (κ3) is 2.96. The van der Waals surface area contributed by atoms with Gasteiger partial charge in [0.15, 0.2) is 0 Å². The molecule has 1 fully saturated rings. The average Bonchev–Trinajstić information content (AvgIpc) is 2.58. The van der Waals surface area contributed by atoms with Crippen LogP contribution in [0.5, 0.6) is 0 Å². The summed E-state index contributed by atoms with van der Waals surface area (Å²) in [5.41, 5.74) is 2.13. The lowest BCUT2D eigenvalue weighted by atomic mass is 9.78. The Morgan fingerprint density at radius 1 is 1.29 bits per heavy atom. The molecule has 118 valence electrons. The lowest BCUT2D eigenvalue weighted by molar-refractivity contribution is -0.0780. The van der Waals surface area contributed by atoms with Crippen LogP contribution >= 0.6 is 0 Å². The number of hydrazine groups is 1. The number of nitrogens with two attached hydrogens (primary N) is 1. The first-order valence-corrected chi connectivity index (χ1v) is 7.20. The van der Waals surface area contributed by atoms with Crippen molar-refractivity contribution in [3.05, 3.63) is 34.9 Å². The Balaban J connectivity index is 2.49. The predicted octanol–water partition coefficient (Wildman–Crippen LogP) is 3.37. The number of aryl methyl sites for hydroxylation is 1. The first-order valence-electron chi connectivity index (χ1n) is 7.20. The van der Waals surface area contributed by atoms with Crippen molar-refractivity contribution in [2.45, 2.75) is 58.3 Å². The molecule has 1 aromatic rings. The molecule has 1 aliphatic rings. The molecule has 0 saturated carbocycles. The molecule has 0 aromatic heterocycles. The fourth-order valence-electron chi connectivity index (χ4n) is 3.49. The first kappa shape index (κ1) is 16.3. The van der Waals surface area contributed by atoms with Gasteiger partial charge in [-0.2, -0.15) is 0 Å². The molecule has 1 heterocycles. The Morgan fingerprint density at radius 2 is 1.90 bits per heavy atom. The number of hydrogen-bond donors (Lipinski definition) is 2. The summed E-state index contributed by atoms with van der Waals surface area (Å²) in [6.07, 6.45) is 0.668. The van der Waals surface area contributed by atoms with Crippen LogP contribution in [0.3, 0.4) is 0 Å². The van der Waals surface area contributed by atoms with E-state index in [1.165, 1.54) is 12.1 Å². The Bertz CT molecular complexity index is 543. The molecule has 0 spiro atoms. The zero-order valence-corrected chi connectivity index (χ0v) is 13.3. The van der Waals surface area contributed by atoms with Crippen molar-refractivity contribution < 1.29 is 13.5 Å². The molecule has 1 aliphatic heterocycles. The second kappa shape index (κ2) is 5.30. The quantitative estimate of drug-likeness (QED) is 0.664. The van der Waals surface area contributed by atoms with Crippen LogP contribution in [0.15, 0.2) is 12.1 Å². The maximum absolute atomic E-state index is 14.4. The van der Waals surface area contributed by atoms with Gasteiger partial charge < -0.3 is 4.74 Å². The van der Waals surface area contributed by atoms with Crippen molar-refractivity contribution in [2.75, 3.05) is 0 Å². The van der Waals surface area contributed by atoms with Crippen LogP contribution in [0.1, 0.15) is 51.3 Å². The highest BCUT2D eigenvalue weighted by Crippen LogP contribution is 2.48. The minimum Gasteiger partial charge on any atom is -0.369 e. The molecule has 1 saturated heterocycles. The molecule has 1 aromatic carbocycles. The third-order valence-corrected chi connectivity index (χ3v) is 4.36. The van der Waals surface area contributed by atoms with E-state index in [0.29, 0.717) is 12.0 Å². The van der Waals surface area contributed by atoms with Crippen molar-refractivity contribution in [3.8, 4) is 0 Å². The number of ether oxygens (including phenoxy) is 1. The van der Waals surface area contributed by atoms with Gasteiger partial charge in [-0.05, 0) is 52.7 Å². The summed E-state index contributed by atoms with van der Waals surface area (Å²) in [4.78, 5) is 0. The molecule has 0 amide bonds. The van der Waals surface area contributed by atoms with Gasteiger partial charge in [-0.3, -0.25) is 11.3 Å². The van der Waals surface area contributed by atoms with E-state index in [9.17, 15) is 8.78 Å². The van der Waals surface area contributed by atoms with E-state index in [0.717, 1.165) is 0 Å². The fraction of sp³-hybridized carbons (Fsp3) is 0.625. The highest BCUT2D eigenvalue weighted by atomic mass is 19.1. The van der Waals surface area contributed by atoms with Crippen LogP contribution in [0, 0.1) is 24.5 Å². The molecule has 0 bridgehead atoms. The lowest BCUT2D eigenvalue weighted by Gasteiger charge is -2.33. The van der Waals surface area contributed by atoms with Crippen LogP contribution in [-0.2, 0) is 4.74 Å². The van der Waals surface area contributed by atoms with E-state index >= 15 is 0 Å². The zero-order valence-electron chi connectivity index (χ0n) is 13.3. The first-order chi connectivity index (χ1) is 9.59. The van der Waals surface area contributed by atoms with Crippen LogP contribution in [0.4, 0.5) is 8.78 Å². The maximum atomic E-state index is 14.4. The number of rotatable bonds is 3. The molecule has 3 N–H and O–H groups in total. The predicted molar refractivity (Wildman–Crippen MR) is 78.5 cm³/mol. The normalized spacial score (nSPS) is 25.0. The average molecular weight is 298 g/mol. The Hall–Kier alpha value is -1.04. The monoisotopic (exact) mass is 298 g/mol. The third-order valence-electron chi connectivity index (χ3n) is 4.36. The smallest absolute Gasteiger partial charge is 0.133 e. The van der Waals surface area contributed by atoms with Crippen LogP contribution in [0.2, 0.25) is 0 Å². The summed E-state index contributed by atoms with van der Waals surface area (Å²) >= 11 is 0. The van der Waals surface area contributed by atoms with Crippen molar-refractivity contribution in [1.82, 2.24) is 5.43 Å². The summed E-state index contributed by atoms with van der Waals surface area (Å²) in [5, 5.41) is 0. The number of benzene rings is 1. The largest absolute Gasteiger partial charge is 0.369 e. The second-order valence-corrected chi connectivity index (χ2v) is 7.01. The van der Waals surface area contributed by atoms with Gasteiger partial charge in [-0.1, -0.05) is 6.07 Å². The molecule has 2 unspecified atom stereocenters. The van der Waals surface area contributed by atoms with Crippen molar-refractivity contribution in [1.29, 1.82) is 0 Å². The number of hydrogen-bond acceptors (Lipinski definition) is 3. The topological polar surface area (TPSA) is 47.3 Å². The molecular weight excluding hydrogens is 274 g/mol. The van der Waals surface area contributed by atoms with Crippen molar-refractivity contribution in [3.63, 3.8) is 0 Å². The van der Waals surface area contributed by atoms with Crippen LogP contribution < -0.4 is 11.3 Å². The molecule has 0 aliphatic carbocycles. The molecule has 2 rings (SSSR count). The zero-order chi connectivity index (χ0) is 16.0. The molecule has 21 heavy (non-hydrogen) atoms. The lowest BCUT2D eigenvalue weighted by Crippen LogP contribution is -2.42. The number of halogens is 2. The second-order valence-electron chi connectivity index (χ2n) is 7.01. The summed E-state index contributed by atoms with van der Waals surface area (Å²) in [5.74, 6) is 4.38. The molecule has 0 radical (unpaired) electrons. The Morgan fingerprint density at radius 3 is 2.38 bits per heavy atom. The summed E-state index contributed by atoms with van der Waals surface area (Å²) in [6, 6.07) is 2.08. The van der Waals surface area contributed by atoms with Gasteiger partial charge in [0.1, 0.15) is 11.6 Å². The highest BCUT2D eigenvalue weighted by molar-refractivity contribution is 5.30. The standard InChI is InChI=1S/C16H24F2N2O/c1-9-6-7-11(17)12(13(9)18)14(20-19)10-8-15(2,3)21-16(10,4)5/h6-7,10,14,20H,8,19H2,1-5H3. The van der Waals surface area contributed by atoms with Crippen LogP contribution in [0.25, 0.3) is 0 Å². The molecule has 2 atom stereocenters. The van der Waals surface area contributed by atoms with E-state index in [2.05, 4.69) is 5.43 Å². The van der Waals surface area contributed by atoms with E-state index in [1.54, 1.807) is 6.92 Å². The summed E-state index contributed by atoms with van der Waals surface area (Å²) < 4.78 is 34.6. The van der Waals surface area contributed by atoms with Gasteiger partial charge in [0.25, 0.3) is 0 Å². The van der Waals surface area contributed by atoms with E-state index in [1.807, 2.05) is 27.7 Å². The van der Waals surface area contributed by atoms with Gasteiger partial charge in [0.05, 0.1) is 17.2 Å².